The summed E-state index contributed by atoms with van der Waals surface area (Å²) in [4.78, 5) is 13.1. The zero-order valence-corrected chi connectivity index (χ0v) is 15.5. The Kier molecular flexibility index (Phi) is 5.60. The average Bonchev–Trinajstić information content (AvgIpc) is 2.63. The number of halogens is 1. The zero-order chi connectivity index (χ0) is 19.6. The predicted octanol–water partition coefficient (Wildman–Crippen LogP) is 4.18. The molecule has 0 amide bonds. The van der Waals surface area contributed by atoms with Crippen molar-refractivity contribution in [2.75, 3.05) is 23.3 Å². The van der Waals surface area contributed by atoms with Crippen molar-refractivity contribution in [3.8, 4) is 0 Å². The summed E-state index contributed by atoms with van der Waals surface area (Å²) in [5.74, 6) is -0.349. The summed E-state index contributed by atoms with van der Waals surface area (Å²) in [6.45, 7) is 5.05. The molecule has 27 heavy (non-hydrogen) atoms. The molecule has 7 heteroatoms. The Morgan fingerprint density at radius 2 is 1.96 bits per heavy atom. The fourth-order valence-corrected chi connectivity index (χ4v) is 3.49. The molecule has 1 saturated heterocycles. The van der Waals surface area contributed by atoms with Gasteiger partial charge in [0.1, 0.15) is 11.5 Å². The van der Waals surface area contributed by atoms with Crippen LogP contribution in [0.4, 0.5) is 21.5 Å². The van der Waals surface area contributed by atoms with E-state index in [4.69, 9.17) is 0 Å². The molecule has 2 aromatic carbocycles. The van der Waals surface area contributed by atoms with E-state index < -0.39 is 4.92 Å². The first-order chi connectivity index (χ1) is 12.8. The van der Waals surface area contributed by atoms with Gasteiger partial charge in [-0.05, 0) is 56.5 Å². The molecule has 2 aromatic rings. The van der Waals surface area contributed by atoms with E-state index in [-0.39, 0.29) is 23.7 Å². The fraction of sp³-hybridized carbons (Fsp3) is 0.400. The first-order valence-electron chi connectivity index (χ1n) is 9.09. The molecular weight excluding hydrogens is 349 g/mol. The highest BCUT2D eigenvalue weighted by atomic mass is 19.1. The van der Waals surface area contributed by atoms with Crippen molar-refractivity contribution < 1.29 is 14.4 Å². The van der Waals surface area contributed by atoms with Gasteiger partial charge in [0, 0.05) is 30.4 Å². The lowest BCUT2D eigenvalue weighted by Crippen LogP contribution is -2.36. The Morgan fingerprint density at radius 3 is 2.63 bits per heavy atom. The van der Waals surface area contributed by atoms with Crippen LogP contribution in [-0.2, 0) is 0 Å². The number of piperidine rings is 1. The van der Waals surface area contributed by atoms with Gasteiger partial charge in [-0.25, -0.2) is 4.39 Å². The van der Waals surface area contributed by atoms with E-state index >= 15 is 0 Å². The number of rotatable bonds is 5. The standard InChI is InChI=1S/C20H24FN3O3/c1-13-3-5-18(20(11-13)24(26)27)22-14(2)17-12-15(21)4-6-19(17)23-9-7-16(25)8-10-23/h3-6,11-12,14,16,22,25H,7-10H2,1-2H3. The molecule has 1 fully saturated rings. The molecule has 0 aliphatic carbocycles. The minimum absolute atomic E-state index is 0.000831. The third-order valence-corrected chi connectivity index (χ3v) is 4.98. The molecule has 0 aromatic heterocycles. The van der Waals surface area contributed by atoms with Crippen molar-refractivity contribution in [2.24, 2.45) is 0 Å². The number of nitrogens with zero attached hydrogens (tertiary/aromatic N) is 2. The number of anilines is 2. The Hall–Kier alpha value is -2.67. The van der Waals surface area contributed by atoms with Crippen molar-refractivity contribution in [2.45, 2.75) is 38.8 Å². The maximum atomic E-state index is 13.9. The minimum atomic E-state index is -0.416. The quantitative estimate of drug-likeness (QED) is 0.607. The number of nitro groups is 1. The molecule has 1 aliphatic rings. The number of aryl methyl sites for hydroxylation is 1. The molecule has 1 aliphatic heterocycles. The summed E-state index contributed by atoms with van der Waals surface area (Å²) >= 11 is 0. The molecule has 6 nitrogen and oxygen atoms in total. The van der Waals surface area contributed by atoms with Crippen molar-refractivity contribution in [3.63, 3.8) is 0 Å². The van der Waals surface area contributed by atoms with Crippen molar-refractivity contribution in [1.82, 2.24) is 0 Å². The zero-order valence-electron chi connectivity index (χ0n) is 15.5. The highest BCUT2D eigenvalue weighted by Gasteiger charge is 2.23. The largest absolute Gasteiger partial charge is 0.393 e. The summed E-state index contributed by atoms with van der Waals surface area (Å²) < 4.78 is 13.9. The van der Waals surface area contributed by atoms with Gasteiger partial charge in [-0.15, -0.1) is 0 Å². The van der Waals surface area contributed by atoms with Gasteiger partial charge in [-0.3, -0.25) is 10.1 Å². The minimum Gasteiger partial charge on any atom is -0.393 e. The normalized spacial score (nSPS) is 16.2. The molecule has 1 heterocycles. The lowest BCUT2D eigenvalue weighted by molar-refractivity contribution is -0.384. The van der Waals surface area contributed by atoms with Gasteiger partial charge >= 0.3 is 0 Å². The van der Waals surface area contributed by atoms with Gasteiger partial charge in [-0.2, -0.15) is 0 Å². The van der Waals surface area contributed by atoms with E-state index in [1.165, 1.54) is 18.2 Å². The van der Waals surface area contributed by atoms with Crippen LogP contribution in [0, 0.1) is 22.9 Å². The monoisotopic (exact) mass is 373 g/mol. The van der Waals surface area contributed by atoms with Crippen molar-refractivity contribution in [3.05, 3.63) is 63.5 Å². The van der Waals surface area contributed by atoms with Crippen LogP contribution in [0.2, 0.25) is 0 Å². The second-order valence-corrected chi connectivity index (χ2v) is 7.07. The topological polar surface area (TPSA) is 78.6 Å². The number of nitro benzene ring substituents is 1. The molecule has 3 rings (SSSR count). The van der Waals surface area contributed by atoms with Gasteiger partial charge in [0.05, 0.1) is 17.1 Å². The average molecular weight is 373 g/mol. The smallest absolute Gasteiger partial charge is 0.292 e. The van der Waals surface area contributed by atoms with Crippen LogP contribution < -0.4 is 10.2 Å². The molecule has 2 N–H and O–H groups in total. The molecule has 144 valence electrons. The van der Waals surface area contributed by atoms with Crippen LogP contribution in [0.5, 0.6) is 0 Å². The Morgan fingerprint density at radius 1 is 1.26 bits per heavy atom. The molecule has 0 spiro atoms. The third-order valence-electron chi connectivity index (χ3n) is 4.98. The van der Waals surface area contributed by atoms with Crippen LogP contribution in [0.15, 0.2) is 36.4 Å². The summed E-state index contributed by atoms with van der Waals surface area (Å²) in [6, 6.07) is 9.31. The second kappa shape index (κ2) is 7.92. The van der Waals surface area contributed by atoms with Crippen LogP contribution in [-0.4, -0.2) is 29.2 Å². The van der Waals surface area contributed by atoms with E-state index in [1.54, 1.807) is 25.1 Å². The Labute approximate surface area is 157 Å². The molecule has 0 saturated carbocycles. The van der Waals surface area contributed by atoms with E-state index in [2.05, 4.69) is 10.2 Å². The lowest BCUT2D eigenvalue weighted by Gasteiger charge is -2.34. The number of aliphatic hydroxyl groups is 1. The van der Waals surface area contributed by atoms with Crippen LogP contribution >= 0.6 is 0 Å². The maximum Gasteiger partial charge on any atom is 0.292 e. The molecule has 1 atom stereocenters. The van der Waals surface area contributed by atoms with E-state index in [9.17, 15) is 19.6 Å². The summed E-state index contributed by atoms with van der Waals surface area (Å²) in [6.07, 6.45) is 1.04. The molecule has 1 unspecified atom stereocenters. The first-order valence-corrected chi connectivity index (χ1v) is 9.09. The maximum absolute atomic E-state index is 13.9. The van der Waals surface area contributed by atoms with Gasteiger partial charge in [-0.1, -0.05) is 6.07 Å². The molecule has 0 bridgehead atoms. The summed E-state index contributed by atoms with van der Waals surface area (Å²) in [5.41, 5.74) is 2.83. The van der Waals surface area contributed by atoms with Gasteiger partial charge < -0.3 is 15.3 Å². The lowest BCUT2D eigenvalue weighted by atomic mass is 10.0. The summed E-state index contributed by atoms with van der Waals surface area (Å²) in [5, 5.41) is 24.3. The van der Waals surface area contributed by atoms with Crippen molar-refractivity contribution in [1.29, 1.82) is 0 Å². The van der Waals surface area contributed by atoms with Gasteiger partial charge in [0.2, 0.25) is 0 Å². The number of nitrogens with one attached hydrogen (secondary N) is 1. The van der Waals surface area contributed by atoms with E-state index in [1.807, 2.05) is 6.92 Å². The molecular formula is C20H24FN3O3. The Balaban J connectivity index is 1.90. The second-order valence-electron chi connectivity index (χ2n) is 7.07. The Bertz CT molecular complexity index is 835. The highest BCUT2D eigenvalue weighted by Crippen LogP contribution is 2.34. The number of benzene rings is 2. The van der Waals surface area contributed by atoms with E-state index in [0.717, 1.165) is 16.8 Å². The van der Waals surface area contributed by atoms with E-state index in [0.29, 0.717) is 31.6 Å². The van der Waals surface area contributed by atoms with Crippen molar-refractivity contribution >= 4 is 17.1 Å². The van der Waals surface area contributed by atoms with Crippen LogP contribution in [0.1, 0.15) is 36.9 Å². The first kappa shape index (κ1) is 19.1. The van der Waals surface area contributed by atoms with Gasteiger partial charge in [0.25, 0.3) is 5.69 Å². The summed E-state index contributed by atoms with van der Waals surface area (Å²) in [7, 11) is 0. The van der Waals surface area contributed by atoms with Gasteiger partial charge in [0.15, 0.2) is 0 Å². The van der Waals surface area contributed by atoms with Crippen LogP contribution in [0.25, 0.3) is 0 Å². The highest BCUT2D eigenvalue weighted by molar-refractivity contribution is 5.65. The molecule has 0 radical (unpaired) electrons. The number of hydrogen-bond donors (Lipinski definition) is 2. The van der Waals surface area contributed by atoms with Crippen LogP contribution in [0.3, 0.4) is 0 Å². The third kappa shape index (κ3) is 4.36. The fourth-order valence-electron chi connectivity index (χ4n) is 3.49. The number of hydrogen-bond acceptors (Lipinski definition) is 5. The SMILES string of the molecule is Cc1ccc(NC(C)c2cc(F)ccc2N2CCC(O)CC2)c([N+](=O)[O-])c1. The predicted molar refractivity (Wildman–Crippen MR) is 104 cm³/mol. The number of aliphatic hydroxyl groups excluding tert-OH is 1.